The molecular weight excluding hydrogens is 326 g/mol. The molecule has 0 saturated heterocycles. The van der Waals surface area contributed by atoms with Gasteiger partial charge in [0, 0.05) is 11.6 Å². The Labute approximate surface area is 149 Å². The highest BCUT2D eigenvalue weighted by Gasteiger charge is 2.09. The number of carbonyl (C=O) groups is 1. The Balaban J connectivity index is 1.53. The fraction of sp³-hybridized carbons (Fsp3) is 0. The zero-order chi connectivity index (χ0) is 17.8. The van der Waals surface area contributed by atoms with Crippen molar-refractivity contribution in [1.82, 2.24) is 20.6 Å². The standard InChI is InChI=1S/C20H15N5O/c26-19(12-10-14-9-11-15-5-1-2-6-16(15)13-14)21-18-8-4-3-7-17(18)20-22-24-25-23-20/h1-13H,(H,21,26)(H,22,23,24,25). The first-order valence-electron chi connectivity index (χ1n) is 8.10. The summed E-state index contributed by atoms with van der Waals surface area (Å²) in [5, 5.41) is 18.9. The molecule has 3 aromatic carbocycles. The van der Waals surface area contributed by atoms with Crippen LogP contribution in [-0.2, 0) is 4.79 Å². The Morgan fingerprint density at radius 1 is 0.962 bits per heavy atom. The van der Waals surface area contributed by atoms with E-state index in [1.165, 1.54) is 11.5 Å². The molecule has 0 spiro atoms. The highest BCUT2D eigenvalue weighted by atomic mass is 16.1. The van der Waals surface area contributed by atoms with Crippen molar-refractivity contribution in [2.45, 2.75) is 0 Å². The van der Waals surface area contributed by atoms with Gasteiger partial charge in [-0.2, -0.15) is 0 Å². The van der Waals surface area contributed by atoms with Gasteiger partial charge in [-0.15, -0.1) is 5.10 Å². The molecule has 6 nitrogen and oxygen atoms in total. The van der Waals surface area contributed by atoms with Gasteiger partial charge in [0.05, 0.1) is 5.69 Å². The Kier molecular flexibility index (Phi) is 4.22. The summed E-state index contributed by atoms with van der Waals surface area (Å²) in [7, 11) is 0. The van der Waals surface area contributed by atoms with Crippen molar-refractivity contribution >= 4 is 28.4 Å². The number of aromatic amines is 1. The second kappa shape index (κ2) is 6.98. The van der Waals surface area contributed by atoms with Crippen LogP contribution < -0.4 is 5.32 Å². The van der Waals surface area contributed by atoms with Gasteiger partial charge in [-0.1, -0.05) is 48.5 Å². The molecule has 4 rings (SSSR count). The molecular formula is C20H15N5O. The minimum absolute atomic E-state index is 0.224. The number of benzene rings is 3. The van der Waals surface area contributed by atoms with E-state index in [1.54, 1.807) is 12.1 Å². The molecule has 126 valence electrons. The van der Waals surface area contributed by atoms with Gasteiger partial charge in [-0.3, -0.25) is 4.79 Å². The first-order valence-corrected chi connectivity index (χ1v) is 8.10. The van der Waals surface area contributed by atoms with E-state index < -0.39 is 0 Å². The molecule has 0 radical (unpaired) electrons. The summed E-state index contributed by atoms with van der Waals surface area (Å²) in [6.07, 6.45) is 3.31. The van der Waals surface area contributed by atoms with E-state index in [0.717, 1.165) is 16.5 Å². The van der Waals surface area contributed by atoms with Crippen molar-refractivity contribution in [3.63, 3.8) is 0 Å². The predicted octanol–water partition coefficient (Wildman–Crippen LogP) is 3.67. The van der Waals surface area contributed by atoms with Crippen LogP contribution in [0.1, 0.15) is 5.56 Å². The van der Waals surface area contributed by atoms with Gasteiger partial charge < -0.3 is 5.32 Å². The molecule has 0 atom stereocenters. The fourth-order valence-corrected chi connectivity index (χ4v) is 2.73. The lowest BCUT2D eigenvalue weighted by Crippen LogP contribution is -2.09. The first kappa shape index (κ1) is 15.7. The largest absolute Gasteiger partial charge is 0.322 e. The van der Waals surface area contributed by atoms with Crippen LogP contribution in [0.25, 0.3) is 28.2 Å². The average molecular weight is 341 g/mol. The van der Waals surface area contributed by atoms with Gasteiger partial charge in [0.1, 0.15) is 0 Å². The molecule has 0 aliphatic carbocycles. The number of H-pyrrole nitrogens is 1. The topological polar surface area (TPSA) is 83.6 Å². The summed E-state index contributed by atoms with van der Waals surface area (Å²) in [4.78, 5) is 12.3. The number of amides is 1. The third kappa shape index (κ3) is 3.34. The molecule has 4 aromatic rings. The van der Waals surface area contributed by atoms with E-state index in [2.05, 4.69) is 38.1 Å². The van der Waals surface area contributed by atoms with Crippen molar-refractivity contribution < 1.29 is 4.79 Å². The summed E-state index contributed by atoms with van der Waals surface area (Å²) < 4.78 is 0. The smallest absolute Gasteiger partial charge is 0.248 e. The molecule has 1 amide bonds. The second-order valence-corrected chi connectivity index (χ2v) is 5.72. The summed E-state index contributed by atoms with van der Waals surface area (Å²) in [6.45, 7) is 0. The number of tetrazole rings is 1. The molecule has 0 fully saturated rings. The quantitative estimate of drug-likeness (QED) is 0.555. The molecule has 0 saturated carbocycles. The van der Waals surface area contributed by atoms with Gasteiger partial charge in [0.2, 0.25) is 5.91 Å². The van der Waals surface area contributed by atoms with Crippen molar-refractivity contribution in [1.29, 1.82) is 0 Å². The van der Waals surface area contributed by atoms with Gasteiger partial charge in [-0.25, -0.2) is 5.10 Å². The number of aromatic nitrogens is 4. The summed E-state index contributed by atoms with van der Waals surface area (Å²) in [5.74, 6) is 0.275. The maximum Gasteiger partial charge on any atom is 0.248 e. The molecule has 26 heavy (non-hydrogen) atoms. The maximum absolute atomic E-state index is 12.3. The van der Waals surface area contributed by atoms with E-state index in [0.29, 0.717) is 11.5 Å². The number of hydrogen-bond acceptors (Lipinski definition) is 4. The number of nitrogens with one attached hydrogen (secondary N) is 2. The number of para-hydroxylation sites is 1. The van der Waals surface area contributed by atoms with E-state index in [1.807, 2.05) is 48.5 Å². The third-order valence-corrected chi connectivity index (χ3v) is 3.99. The lowest BCUT2D eigenvalue weighted by Gasteiger charge is -2.06. The molecule has 0 aliphatic heterocycles. The summed E-state index contributed by atoms with van der Waals surface area (Å²) in [5.41, 5.74) is 2.33. The van der Waals surface area contributed by atoms with Crippen LogP contribution in [0.5, 0.6) is 0 Å². The Morgan fingerprint density at radius 3 is 2.62 bits per heavy atom. The van der Waals surface area contributed by atoms with Crippen LogP contribution >= 0.6 is 0 Å². The zero-order valence-electron chi connectivity index (χ0n) is 13.8. The zero-order valence-corrected chi connectivity index (χ0v) is 13.8. The summed E-state index contributed by atoms with van der Waals surface area (Å²) >= 11 is 0. The van der Waals surface area contributed by atoms with Gasteiger partial charge >= 0.3 is 0 Å². The maximum atomic E-state index is 12.3. The van der Waals surface area contributed by atoms with Crippen LogP contribution in [0.3, 0.4) is 0 Å². The highest BCUT2D eigenvalue weighted by Crippen LogP contribution is 2.24. The number of carbonyl (C=O) groups excluding carboxylic acids is 1. The average Bonchev–Trinajstić information content (AvgIpc) is 3.21. The highest BCUT2D eigenvalue weighted by molar-refractivity contribution is 6.04. The second-order valence-electron chi connectivity index (χ2n) is 5.72. The lowest BCUT2D eigenvalue weighted by atomic mass is 10.1. The van der Waals surface area contributed by atoms with Crippen molar-refractivity contribution in [3.8, 4) is 11.4 Å². The predicted molar refractivity (Wildman–Crippen MR) is 101 cm³/mol. The molecule has 0 unspecified atom stereocenters. The molecule has 1 heterocycles. The number of rotatable bonds is 4. The van der Waals surface area contributed by atoms with E-state index in [9.17, 15) is 4.79 Å². The van der Waals surface area contributed by atoms with E-state index in [4.69, 9.17) is 0 Å². The number of anilines is 1. The van der Waals surface area contributed by atoms with E-state index >= 15 is 0 Å². The van der Waals surface area contributed by atoms with Gasteiger partial charge in [0.15, 0.2) is 5.82 Å². The van der Waals surface area contributed by atoms with Gasteiger partial charge in [0.25, 0.3) is 0 Å². The minimum Gasteiger partial charge on any atom is -0.322 e. The lowest BCUT2D eigenvalue weighted by molar-refractivity contribution is -0.111. The Hall–Kier alpha value is -3.80. The number of fused-ring (bicyclic) bond motifs is 1. The fourth-order valence-electron chi connectivity index (χ4n) is 2.73. The van der Waals surface area contributed by atoms with Crippen LogP contribution in [0.15, 0.2) is 72.8 Å². The Bertz CT molecular complexity index is 1090. The van der Waals surface area contributed by atoms with E-state index in [-0.39, 0.29) is 5.91 Å². The minimum atomic E-state index is -0.224. The summed E-state index contributed by atoms with van der Waals surface area (Å²) in [6, 6.07) is 21.5. The molecule has 2 N–H and O–H groups in total. The normalized spacial score (nSPS) is 11.1. The Morgan fingerprint density at radius 2 is 1.77 bits per heavy atom. The molecule has 0 bridgehead atoms. The van der Waals surface area contributed by atoms with Crippen molar-refractivity contribution in [3.05, 3.63) is 78.4 Å². The third-order valence-electron chi connectivity index (χ3n) is 3.99. The van der Waals surface area contributed by atoms with Crippen molar-refractivity contribution in [2.24, 2.45) is 0 Å². The SMILES string of the molecule is O=C(C=Cc1ccc2ccccc2c1)Nc1ccccc1-c1nnn[nH]1. The van der Waals surface area contributed by atoms with Crippen LogP contribution in [0, 0.1) is 0 Å². The molecule has 0 aliphatic rings. The first-order chi connectivity index (χ1) is 12.8. The van der Waals surface area contributed by atoms with Crippen molar-refractivity contribution in [2.75, 3.05) is 5.32 Å². The monoisotopic (exact) mass is 341 g/mol. The number of nitrogens with zero attached hydrogens (tertiary/aromatic N) is 3. The molecule has 1 aromatic heterocycles. The van der Waals surface area contributed by atoms with Crippen LogP contribution in [0.4, 0.5) is 5.69 Å². The number of hydrogen-bond donors (Lipinski definition) is 2. The molecule has 6 heteroatoms. The van der Waals surface area contributed by atoms with Crippen LogP contribution in [0.2, 0.25) is 0 Å². The van der Waals surface area contributed by atoms with Crippen LogP contribution in [-0.4, -0.2) is 26.5 Å². The van der Waals surface area contributed by atoms with Gasteiger partial charge in [-0.05, 0) is 51.0 Å².